The molecule has 3 aliphatic rings. The lowest BCUT2D eigenvalue weighted by molar-refractivity contribution is -0.136. The topological polar surface area (TPSA) is 266 Å². The predicted molar refractivity (Wildman–Crippen MR) is 230 cm³/mol. The first kappa shape index (κ1) is 43.2. The normalized spacial score (nSPS) is 17.7. The van der Waals surface area contributed by atoms with E-state index in [4.69, 9.17) is 41.4 Å². The minimum Gasteiger partial charge on any atom is -0.490 e. The minimum atomic E-state index is -1.07. The Morgan fingerprint density at radius 1 is 0.875 bits per heavy atom. The molecule has 7 N–H and O–H groups in total. The molecule has 20 nitrogen and oxygen atoms in total. The Morgan fingerprint density at radius 2 is 1.62 bits per heavy atom. The van der Waals surface area contributed by atoms with E-state index in [0.29, 0.717) is 47.8 Å². The number of carbonyl (C=O) groups excluding carboxylic acids is 5. The number of nitrogens with zero attached hydrogens (tertiary/aromatic N) is 7. The van der Waals surface area contributed by atoms with Gasteiger partial charge in [0.1, 0.15) is 53.4 Å². The molecule has 5 aromatic rings. The van der Waals surface area contributed by atoms with Crippen LogP contribution in [-0.4, -0.2) is 123 Å². The first-order valence-corrected chi connectivity index (χ1v) is 20.8. The van der Waals surface area contributed by atoms with Crippen molar-refractivity contribution < 1.29 is 42.9 Å². The zero-order valence-electron chi connectivity index (χ0n) is 34.8. The fourth-order valence-electron chi connectivity index (χ4n) is 7.88. The van der Waals surface area contributed by atoms with Crippen LogP contribution in [0.1, 0.15) is 52.4 Å². The summed E-state index contributed by atoms with van der Waals surface area (Å²) < 4.78 is 24.8. The number of benzene rings is 3. The molecule has 0 saturated carbocycles. The van der Waals surface area contributed by atoms with Gasteiger partial charge in [0.2, 0.25) is 11.8 Å². The van der Waals surface area contributed by atoms with Crippen LogP contribution < -0.4 is 32.1 Å². The second kappa shape index (κ2) is 19.3. The Labute approximate surface area is 366 Å². The summed E-state index contributed by atoms with van der Waals surface area (Å²) in [7, 11) is 0. The number of hydrogen-bond donors (Lipinski definition) is 4. The van der Waals surface area contributed by atoms with E-state index in [-0.39, 0.29) is 86.9 Å². The molecule has 5 amide bonds. The molecule has 3 aliphatic heterocycles. The number of aromatic nitrogens is 4. The van der Waals surface area contributed by atoms with E-state index in [1.807, 2.05) is 59.3 Å². The number of hydrazine groups is 1. The molecule has 0 bridgehead atoms. The van der Waals surface area contributed by atoms with Gasteiger partial charge in [-0.1, -0.05) is 24.3 Å². The van der Waals surface area contributed by atoms with Crippen molar-refractivity contribution in [3.8, 4) is 28.5 Å². The molecular weight excluding hydrogens is 827 g/mol. The highest BCUT2D eigenvalue weighted by Crippen LogP contribution is 2.36. The molecule has 5 heterocycles. The van der Waals surface area contributed by atoms with Gasteiger partial charge in [0.25, 0.3) is 17.7 Å². The fraction of sp³-hybridized carbons (Fsp3) is 0.318. The highest BCUT2D eigenvalue weighted by molar-refractivity contribution is 6.24. The number of para-hydroxylation sites is 1. The van der Waals surface area contributed by atoms with Gasteiger partial charge < -0.3 is 40.3 Å². The Kier molecular flexibility index (Phi) is 13.1. The summed E-state index contributed by atoms with van der Waals surface area (Å²) in [6.45, 7) is 2.01. The van der Waals surface area contributed by atoms with Gasteiger partial charge >= 0.3 is 0 Å². The van der Waals surface area contributed by atoms with Gasteiger partial charge in [0, 0.05) is 31.3 Å². The lowest BCUT2D eigenvalue weighted by Gasteiger charge is -2.33. The van der Waals surface area contributed by atoms with Crippen molar-refractivity contribution in [2.45, 2.75) is 37.8 Å². The second-order valence-corrected chi connectivity index (χ2v) is 15.3. The molecule has 2 saturated heterocycles. The maximum absolute atomic E-state index is 13.5. The van der Waals surface area contributed by atoms with E-state index in [0.717, 1.165) is 22.6 Å². The van der Waals surface area contributed by atoms with Crippen molar-refractivity contribution >= 4 is 46.4 Å². The standard InChI is InChI=1S/C44H47N11O9/c45-32(25-53(47)18-19-61-20-21-62-22-23-63-34-10-4-9-31-36(34)44(60)54(42(31)58)33-15-16-35(56)50-41(33)57)43(59)52-17-5-6-28(24-52)55-40-37(39(46)48-26-49-40)38(51-55)27-11-13-30(14-12-27)64-29-7-2-1-3-8-29/h1-4,7-14,25-26,28,33H,5-6,15-24,45,47H2,(H2,46,48,49)(H,50,56,57)/b32-25-. The largest absolute Gasteiger partial charge is 0.490 e. The molecule has 3 aromatic carbocycles. The number of rotatable bonds is 17. The highest BCUT2D eigenvalue weighted by atomic mass is 16.5. The summed E-state index contributed by atoms with van der Waals surface area (Å²) in [5.74, 6) is 5.27. The lowest BCUT2D eigenvalue weighted by Crippen LogP contribution is -2.54. The first-order chi connectivity index (χ1) is 31.1. The lowest BCUT2D eigenvalue weighted by atomic mass is 10.0. The Balaban J connectivity index is 0.776. The van der Waals surface area contributed by atoms with E-state index in [1.165, 1.54) is 23.6 Å². The quantitative estimate of drug-likeness (QED) is 0.0344. The molecule has 0 aliphatic carbocycles. The second-order valence-electron chi connectivity index (χ2n) is 15.3. The summed E-state index contributed by atoms with van der Waals surface area (Å²) in [6.07, 6.45) is 4.33. The van der Waals surface area contributed by atoms with Gasteiger partial charge in [-0.3, -0.25) is 34.2 Å². The number of hydrogen-bond acceptors (Lipinski definition) is 16. The molecule has 2 aromatic heterocycles. The maximum Gasteiger partial charge on any atom is 0.271 e. The molecule has 2 atom stereocenters. The average molecular weight is 874 g/mol. The van der Waals surface area contributed by atoms with E-state index >= 15 is 0 Å². The minimum absolute atomic E-state index is 0.0266. The van der Waals surface area contributed by atoms with Crippen LogP contribution in [-0.2, 0) is 23.9 Å². The number of likely N-dealkylation sites (tertiary alicyclic amines) is 1. The van der Waals surface area contributed by atoms with E-state index in [1.54, 1.807) is 17.0 Å². The zero-order chi connectivity index (χ0) is 44.7. The van der Waals surface area contributed by atoms with Gasteiger partial charge in [0.05, 0.1) is 55.5 Å². The third-order valence-corrected chi connectivity index (χ3v) is 11.0. The van der Waals surface area contributed by atoms with Crippen LogP contribution in [0.2, 0.25) is 0 Å². The van der Waals surface area contributed by atoms with Crippen LogP contribution >= 0.6 is 0 Å². The van der Waals surface area contributed by atoms with Crippen LogP contribution in [0.3, 0.4) is 0 Å². The van der Waals surface area contributed by atoms with Crippen molar-refractivity contribution in [3.63, 3.8) is 0 Å². The molecule has 8 rings (SSSR count). The van der Waals surface area contributed by atoms with E-state index < -0.39 is 29.7 Å². The Bertz CT molecular complexity index is 2590. The number of ether oxygens (including phenoxy) is 4. The van der Waals surface area contributed by atoms with Crippen molar-refractivity contribution in [1.82, 2.24) is 39.9 Å². The summed E-state index contributed by atoms with van der Waals surface area (Å²) in [6, 6.07) is 20.4. The van der Waals surface area contributed by atoms with Gasteiger partial charge in [0.15, 0.2) is 5.65 Å². The maximum atomic E-state index is 13.5. The number of amides is 5. The van der Waals surface area contributed by atoms with Crippen LogP contribution in [0.15, 0.2) is 91.0 Å². The van der Waals surface area contributed by atoms with Crippen molar-refractivity contribution in [3.05, 3.63) is 102 Å². The van der Waals surface area contributed by atoms with Gasteiger partial charge in [-0.25, -0.2) is 20.5 Å². The summed E-state index contributed by atoms with van der Waals surface area (Å²) in [5, 5.41) is 9.07. The van der Waals surface area contributed by atoms with Crippen LogP contribution in [0, 0.1) is 0 Å². The SMILES string of the molecule is N/C(=C\N(N)CCOCCOCCOc1cccc2c1C(=O)N(C1CCC(=O)NC1=O)C2=O)C(=O)N1CCCC(n2nc(-c3ccc(Oc4ccccc4)cc3)c3c(N)ncnc32)C1. The van der Waals surface area contributed by atoms with Gasteiger partial charge in [-0.05, 0) is 67.8 Å². The molecule has 0 spiro atoms. The number of anilines is 1. The highest BCUT2D eigenvalue weighted by Gasteiger charge is 2.46. The van der Waals surface area contributed by atoms with Gasteiger partial charge in [-0.15, -0.1) is 0 Å². The summed E-state index contributed by atoms with van der Waals surface area (Å²) in [4.78, 5) is 75.1. The van der Waals surface area contributed by atoms with E-state index in [2.05, 4.69) is 15.3 Å². The third kappa shape index (κ3) is 9.33. The summed E-state index contributed by atoms with van der Waals surface area (Å²) >= 11 is 0. The molecule has 0 radical (unpaired) electrons. The van der Waals surface area contributed by atoms with E-state index in [9.17, 15) is 24.0 Å². The molecule has 64 heavy (non-hydrogen) atoms. The number of fused-ring (bicyclic) bond motifs is 2. The molecule has 20 heteroatoms. The number of carbonyl (C=O) groups is 5. The van der Waals surface area contributed by atoms with Crippen LogP contribution in [0.5, 0.6) is 17.2 Å². The number of imide groups is 2. The number of nitrogens with two attached hydrogens (primary N) is 3. The van der Waals surface area contributed by atoms with Crippen molar-refractivity contribution in [1.29, 1.82) is 0 Å². The Morgan fingerprint density at radius 3 is 2.41 bits per heavy atom. The third-order valence-electron chi connectivity index (χ3n) is 11.0. The average Bonchev–Trinajstić information content (AvgIpc) is 3.81. The number of piperidine rings is 2. The summed E-state index contributed by atoms with van der Waals surface area (Å²) in [5.41, 5.74) is 14.8. The molecule has 2 unspecified atom stereocenters. The number of nitrogen functional groups attached to an aromatic ring is 1. The Hall–Kier alpha value is -7.42. The van der Waals surface area contributed by atoms with Crippen molar-refractivity contribution in [2.75, 3.05) is 58.4 Å². The predicted octanol–water partition coefficient (Wildman–Crippen LogP) is 2.52. The molecule has 332 valence electrons. The van der Waals surface area contributed by atoms with Gasteiger partial charge in [-0.2, -0.15) is 5.10 Å². The molecular formula is C44H47N11O9. The zero-order valence-corrected chi connectivity index (χ0v) is 34.8. The number of nitrogens with one attached hydrogen (secondary N) is 1. The van der Waals surface area contributed by atoms with Crippen LogP contribution in [0.25, 0.3) is 22.3 Å². The first-order valence-electron chi connectivity index (χ1n) is 20.8. The fourth-order valence-corrected chi connectivity index (χ4v) is 7.88. The smallest absolute Gasteiger partial charge is 0.271 e. The van der Waals surface area contributed by atoms with Crippen molar-refractivity contribution in [2.24, 2.45) is 11.6 Å². The molecule has 2 fully saturated rings. The van der Waals surface area contributed by atoms with Crippen LogP contribution in [0.4, 0.5) is 5.82 Å². The monoisotopic (exact) mass is 873 g/mol.